The zero-order valence-electron chi connectivity index (χ0n) is 15.6. The molecular formula is C21H22N2O3S. The minimum Gasteiger partial charge on any atom is -0.463 e. The van der Waals surface area contributed by atoms with Gasteiger partial charge in [-0.1, -0.05) is 31.2 Å². The summed E-state index contributed by atoms with van der Waals surface area (Å²) in [6.45, 7) is 5.57. The molecule has 0 fully saturated rings. The van der Waals surface area contributed by atoms with E-state index in [0.717, 1.165) is 21.5 Å². The SMILES string of the molecule is CC(C)OC(=O)C(C)CNC(=O)c1cc(-c2cccs2)nc2ccccc12. The lowest BCUT2D eigenvalue weighted by atomic mass is 10.1. The molecule has 0 saturated carbocycles. The maximum Gasteiger partial charge on any atom is 0.310 e. The van der Waals surface area contributed by atoms with Crippen LogP contribution in [0.1, 0.15) is 31.1 Å². The number of carbonyl (C=O) groups excluding carboxylic acids is 2. The van der Waals surface area contributed by atoms with Gasteiger partial charge < -0.3 is 10.1 Å². The Morgan fingerprint density at radius 2 is 1.93 bits per heavy atom. The summed E-state index contributed by atoms with van der Waals surface area (Å²) in [6.07, 6.45) is -0.173. The van der Waals surface area contributed by atoms with Crippen LogP contribution in [0.15, 0.2) is 47.8 Å². The molecule has 140 valence electrons. The summed E-state index contributed by atoms with van der Waals surface area (Å²) in [5.74, 6) is -0.957. The lowest BCUT2D eigenvalue weighted by molar-refractivity contribution is -0.151. The van der Waals surface area contributed by atoms with Crippen molar-refractivity contribution in [2.45, 2.75) is 26.9 Å². The van der Waals surface area contributed by atoms with Gasteiger partial charge in [-0.3, -0.25) is 9.59 Å². The van der Waals surface area contributed by atoms with Crippen LogP contribution in [0.25, 0.3) is 21.5 Å². The van der Waals surface area contributed by atoms with Crippen LogP contribution >= 0.6 is 11.3 Å². The maximum absolute atomic E-state index is 12.8. The molecule has 1 aromatic carbocycles. The normalized spacial score (nSPS) is 12.1. The predicted octanol–water partition coefficient (Wildman–Crippen LogP) is 4.28. The minimum absolute atomic E-state index is 0.173. The van der Waals surface area contributed by atoms with Gasteiger partial charge in [0, 0.05) is 11.9 Å². The van der Waals surface area contributed by atoms with Gasteiger partial charge in [0.05, 0.1) is 33.7 Å². The number of amides is 1. The number of para-hydroxylation sites is 1. The first-order valence-corrected chi connectivity index (χ1v) is 9.76. The third-order valence-corrected chi connectivity index (χ3v) is 4.95. The van der Waals surface area contributed by atoms with E-state index in [9.17, 15) is 9.59 Å². The molecule has 0 saturated heterocycles. The molecule has 0 aliphatic rings. The van der Waals surface area contributed by atoms with E-state index >= 15 is 0 Å². The molecule has 1 amide bonds. The fourth-order valence-corrected chi connectivity index (χ4v) is 3.37. The van der Waals surface area contributed by atoms with Crippen LogP contribution in [0.3, 0.4) is 0 Å². The number of hydrogen-bond acceptors (Lipinski definition) is 5. The van der Waals surface area contributed by atoms with Crippen LogP contribution in [0.4, 0.5) is 0 Å². The minimum atomic E-state index is -0.416. The smallest absolute Gasteiger partial charge is 0.310 e. The van der Waals surface area contributed by atoms with Crippen LogP contribution < -0.4 is 5.32 Å². The van der Waals surface area contributed by atoms with Gasteiger partial charge in [-0.25, -0.2) is 4.98 Å². The van der Waals surface area contributed by atoms with Crippen LogP contribution in [0.5, 0.6) is 0 Å². The van der Waals surface area contributed by atoms with Crippen molar-refractivity contribution >= 4 is 34.1 Å². The molecule has 1 atom stereocenters. The molecule has 27 heavy (non-hydrogen) atoms. The first-order valence-electron chi connectivity index (χ1n) is 8.88. The topological polar surface area (TPSA) is 68.3 Å². The average molecular weight is 382 g/mol. The Morgan fingerprint density at radius 3 is 2.63 bits per heavy atom. The van der Waals surface area contributed by atoms with E-state index < -0.39 is 5.92 Å². The summed E-state index contributed by atoms with van der Waals surface area (Å²) in [5.41, 5.74) is 2.08. The number of carbonyl (C=O) groups is 2. The van der Waals surface area contributed by atoms with Gasteiger partial charge in [-0.05, 0) is 37.4 Å². The number of nitrogens with one attached hydrogen (secondary N) is 1. The zero-order chi connectivity index (χ0) is 19.4. The van der Waals surface area contributed by atoms with Crippen LogP contribution in [0, 0.1) is 5.92 Å². The molecule has 0 radical (unpaired) electrons. The second-order valence-electron chi connectivity index (χ2n) is 6.65. The molecule has 2 aromatic heterocycles. The predicted molar refractivity (Wildman–Crippen MR) is 108 cm³/mol. The Labute approximate surface area is 162 Å². The lowest BCUT2D eigenvalue weighted by Gasteiger charge is -2.15. The van der Waals surface area contributed by atoms with Gasteiger partial charge in [-0.15, -0.1) is 11.3 Å². The number of esters is 1. The quantitative estimate of drug-likeness (QED) is 0.646. The fourth-order valence-electron chi connectivity index (χ4n) is 2.69. The number of pyridine rings is 1. The van der Waals surface area contributed by atoms with Gasteiger partial charge in [0.1, 0.15) is 0 Å². The zero-order valence-corrected chi connectivity index (χ0v) is 16.4. The molecule has 1 unspecified atom stereocenters. The molecule has 6 heteroatoms. The summed E-state index contributed by atoms with van der Waals surface area (Å²) in [5, 5.41) is 5.62. The third kappa shape index (κ3) is 4.52. The van der Waals surface area contributed by atoms with E-state index in [-0.39, 0.29) is 24.5 Å². The van der Waals surface area contributed by atoms with Gasteiger partial charge in [0.2, 0.25) is 0 Å². The number of aromatic nitrogens is 1. The van der Waals surface area contributed by atoms with Crippen molar-refractivity contribution in [1.82, 2.24) is 10.3 Å². The van der Waals surface area contributed by atoms with Crippen molar-refractivity contribution in [1.29, 1.82) is 0 Å². The molecule has 0 aliphatic carbocycles. The van der Waals surface area contributed by atoms with Crippen LogP contribution in [-0.4, -0.2) is 29.5 Å². The molecule has 1 N–H and O–H groups in total. The number of thiophene rings is 1. The van der Waals surface area contributed by atoms with E-state index in [0.29, 0.717) is 5.56 Å². The average Bonchev–Trinajstić information content (AvgIpc) is 3.19. The Morgan fingerprint density at radius 1 is 1.15 bits per heavy atom. The molecular weight excluding hydrogens is 360 g/mol. The number of ether oxygens (including phenoxy) is 1. The van der Waals surface area contributed by atoms with E-state index in [4.69, 9.17) is 4.74 Å². The number of rotatable bonds is 6. The van der Waals surface area contributed by atoms with Crippen molar-refractivity contribution in [2.24, 2.45) is 5.92 Å². The number of hydrogen-bond donors (Lipinski definition) is 1. The highest BCUT2D eigenvalue weighted by atomic mass is 32.1. The largest absolute Gasteiger partial charge is 0.463 e. The van der Waals surface area contributed by atoms with E-state index in [1.807, 2.05) is 41.8 Å². The van der Waals surface area contributed by atoms with Gasteiger partial charge >= 0.3 is 5.97 Å². The Bertz CT molecular complexity index is 951. The Balaban J connectivity index is 1.84. The van der Waals surface area contributed by atoms with Crippen molar-refractivity contribution in [3.63, 3.8) is 0 Å². The molecule has 0 aliphatic heterocycles. The van der Waals surface area contributed by atoms with Crippen LogP contribution in [0.2, 0.25) is 0 Å². The maximum atomic E-state index is 12.8. The first-order chi connectivity index (χ1) is 13.0. The lowest BCUT2D eigenvalue weighted by Crippen LogP contribution is -2.33. The summed E-state index contributed by atoms with van der Waals surface area (Å²) in [4.78, 5) is 30.5. The Hall–Kier alpha value is -2.73. The summed E-state index contributed by atoms with van der Waals surface area (Å²) in [6, 6.07) is 13.3. The van der Waals surface area contributed by atoms with E-state index in [1.165, 1.54) is 0 Å². The van der Waals surface area contributed by atoms with Crippen molar-refractivity contribution < 1.29 is 14.3 Å². The second kappa shape index (κ2) is 8.31. The molecule has 3 aromatic rings. The van der Waals surface area contributed by atoms with Gasteiger partial charge in [0.25, 0.3) is 5.91 Å². The monoisotopic (exact) mass is 382 g/mol. The highest BCUT2D eigenvalue weighted by Gasteiger charge is 2.19. The highest BCUT2D eigenvalue weighted by Crippen LogP contribution is 2.27. The molecule has 2 heterocycles. The molecule has 0 spiro atoms. The molecule has 5 nitrogen and oxygen atoms in total. The molecule has 3 rings (SSSR count). The summed E-state index contributed by atoms with van der Waals surface area (Å²) < 4.78 is 5.19. The number of benzene rings is 1. The Kier molecular flexibility index (Phi) is 5.86. The van der Waals surface area contributed by atoms with Gasteiger partial charge in [-0.2, -0.15) is 0 Å². The molecule has 0 bridgehead atoms. The highest BCUT2D eigenvalue weighted by molar-refractivity contribution is 7.13. The summed E-state index contributed by atoms with van der Waals surface area (Å²) >= 11 is 1.58. The van der Waals surface area contributed by atoms with E-state index in [2.05, 4.69) is 10.3 Å². The van der Waals surface area contributed by atoms with Crippen molar-refractivity contribution in [3.05, 3.63) is 53.4 Å². The van der Waals surface area contributed by atoms with E-state index in [1.54, 1.807) is 38.2 Å². The second-order valence-corrected chi connectivity index (χ2v) is 7.59. The van der Waals surface area contributed by atoms with Crippen molar-refractivity contribution in [2.75, 3.05) is 6.54 Å². The number of nitrogens with zero attached hydrogens (tertiary/aromatic N) is 1. The standard InChI is InChI=1S/C21H22N2O3S/c1-13(2)26-21(25)14(3)12-22-20(24)16-11-18(19-9-6-10-27-19)23-17-8-5-4-7-15(16)17/h4-11,13-14H,12H2,1-3H3,(H,22,24). The van der Waals surface area contributed by atoms with Crippen LogP contribution in [-0.2, 0) is 9.53 Å². The van der Waals surface area contributed by atoms with Crippen molar-refractivity contribution in [3.8, 4) is 10.6 Å². The van der Waals surface area contributed by atoms with Gasteiger partial charge in [0.15, 0.2) is 0 Å². The number of fused-ring (bicyclic) bond motifs is 1. The first kappa shape index (κ1) is 19.0. The fraction of sp³-hybridized carbons (Fsp3) is 0.286. The summed E-state index contributed by atoms with van der Waals surface area (Å²) in [7, 11) is 0. The third-order valence-electron chi connectivity index (χ3n) is 4.06.